The smallest absolute Gasteiger partial charge is 0.247 e. The van der Waals surface area contributed by atoms with Crippen LogP contribution in [-0.2, 0) is 16.0 Å². The van der Waals surface area contributed by atoms with Gasteiger partial charge in [0.15, 0.2) is 5.82 Å². The summed E-state index contributed by atoms with van der Waals surface area (Å²) in [7, 11) is 0. The van der Waals surface area contributed by atoms with E-state index in [4.69, 9.17) is 11.6 Å². The Labute approximate surface area is 220 Å². The van der Waals surface area contributed by atoms with E-state index in [0.29, 0.717) is 29.9 Å². The molecule has 2 aromatic carbocycles. The van der Waals surface area contributed by atoms with Crippen LogP contribution in [-0.4, -0.2) is 52.9 Å². The number of fused-ring (bicyclic) bond motifs is 2. The molecule has 12 heteroatoms. The number of nitrogens with zero attached hydrogens (tertiary/aromatic N) is 6. The number of anilines is 1. The van der Waals surface area contributed by atoms with Gasteiger partial charge in [0.1, 0.15) is 12.2 Å². The number of hydrogen-bond acceptors (Lipinski definition) is 6. The molecule has 2 N–H and O–H groups in total. The van der Waals surface area contributed by atoms with Crippen molar-refractivity contribution in [3.8, 4) is 16.9 Å². The molecule has 5 heterocycles. The summed E-state index contributed by atoms with van der Waals surface area (Å²) >= 11 is 6.12. The van der Waals surface area contributed by atoms with Crippen molar-refractivity contribution in [2.45, 2.75) is 37.8 Å². The van der Waals surface area contributed by atoms with Gasteiger partial charge in [-0.3, -0.25) is 9.59 Å². The number of amides is 2. The molecule has 7 rings (SSSR count). The van der Waals surface area contributed by atoms with Crippen molar-refractivity contribution in [1.29, 1.82) is 0 Å². The van der Waals surface area contributed by atoms with Crippen LogP contribution in [0.2, 0.25) is 5.02 Å². The van der Waals surface area contributed by atoms with Crippen LogP contribution in [0.5, 0.6) is 0 Å². The first-order valence-corrected chi connectivity index (χ1v) is 12.6. The van der Waals surface area contributed by atoms with Gasteiger partial charge < -0.3 is 15.2 Å². The van der Waals surface area contributed by atoms with E-state index in [2.05, 4.69) is 30.8 Å². The zero-order valence-corrected chi connectivity index (χ0v) is 20.6. The second-order valence-corrected chi connectivity index (χ2v) is 10.1. The molecule has 4 aromatic rings. The minimum atomic E-state index is -0.608. The summed E-state index contributed by atoms with van der Waals surface area (Å²) in [6, 6.07) is 8.55. The second-order valence-electron chi connectivity index (χ2n) is 9.66. The molecule has 0 saturated carbocycles. The number of rotatable bonds is 4. The fraction of sp³-hybridized carbons (Fsp3) is 0.231. The highest BCUT2D eigenvalue weighted by Gasteiger charge is 2.42. The lowest BCUT2D eigenvalue weighted by Crippen LogP contribution is -2.39. The molecule has 0 radical (unpaired) electrons. The predicted octanol–water partition coefficient (Wildman–Crippen LogP) is 3.86. The average molecular weight is 531 g/mol. The number of aromatic nitrogens is 6. The van der Waals surface area contributed by atoms with Crippen molar-refractivity contribution in [1.82, 2.24) is 35.1 Å². The predicted molar refractivity (Wildman–Crippen MR) is 136 cm³/mol. The first-order valence-electron chi connectivity index (χ1n) is 12.2. The Balaban J connectivity index is 1.19. The summed E-state index contributed by atoms with van der Waals surface area (Å²) < 4.78 is 16.7. The number of halogens is 2. The Morgan fingerprint density at radius 3 is 2.87 bits per heavy atom. The number of hydrogen-bond donors (Lipinski definition) is 2. The van der Waals surface area contributed by atoms with Crippen LogP contribution in [0.4, 0.5) is 10.1 Å². The molecule has 2 amide bonds. The van der Waals surface area contributed by atoms with E-state index in [1.54, 1.807) is 12.3 Å². The minimum Gasteiger partial charge on any atom is -0.340 e. The molecule has 2 aromatic heterocycles. The van der Waals surface area contributed by atoms with Gasteiger partial charge in [0.05, 0.1) is 35.1 Å². The summed E-state index contributed by atoms with van der Waals surface area (Å²) in [4.78, 5) is 35.0. The van der Waals surface area contributed by atoms with Crippen LogP contribution < -0.4 is 5.32 Å². The van der Waals surface area contributed by atoms with Gasteiger partial charge in [-0.2, -0.15) is 4.68 Å². The average Bonchev–Trinajstić information content (AvgIpc) is 3.70. The Morgan fingerprint density at radius 2 is 2.03 bits per heavy atom. The van der Waals surface area contributed by atoms with Gasteiger partial charge in [0, 0.05) is 23.4 Å². The summed E-state index contributed by atoms with van der Waals surface area (Å²) in [5.74, 6) is -0.131. The lowest BCUT2D eigenvalue weighted by Gasteiger charge is -2.33. The second kappa shape index (κ2) is 8.59. The molecule has 0 spiro atoms. The van der Waals surface area contributed by atoms with Crippen LogP contribution in [0, 0.1) is 5.82 Å². The van der Waals surface area contributed by atoms with Gasteiger partial charge >= 0.3 is 0 Å². The van der Waals surface area contributed by atoms with Crippen molar-refractivity contribution in [3.05, 3.63) is 76.7 Å². The summed E-state index contributed by atoms with van der Waals surface area (Å²) in [6.07, 6.45) is 6.90. The standard InChI is InChI=1S/C26H20ClFN8O2/c27-17-3-6-20(35-12-30-33-34-35)24(25(17)28)15-8-16-2-5-21(36(16)23(38)10-15)26-29-11-19(32-26)13-1-4-18-14(7-13)9-22(37)31-18/h1,3-4,6-7,10-12,16,21H,2,5,8-9H2,(H,29,32)(H,31,37)/t16-,21+/m1/s1. The molecular formula is C26H20ClFN8O2. The third-order valence-electron chi connectivity index (χ3n) is 7.45. The number of aromatic amines is 1. The number of tetrazole rings is 1. The molecule has 10 nitrogen and oxygen atoms in total. The topological polar surface area (TPSA) is 122 Å². The molecule has 1 fully saturated rings. The van der Waals surface area contributed by atoms with E-state index in [-0.39, 0.29) is 34.5 Å². The summed E-state index contributed by atoms with van der Waals surface area (Å²) in [5, 5.41) is 14.0. The fourth-order valence-corrected chi connectivity index (χ4v) is 5.91. The fourth-order valence-electron chi connectivity index (χ4n) is 5.75. The maximum atomic E-state index is 15.3. The normalized spacial score (nSPS) is 20.4. The molecule has 0 aliphatic carbocycles. The monoisotopic (exact) mass is 530 g/mol. The molecule has 1 saturated heterocycles. The van der Waals surface area contributed by atoms with Crippen molar-refractivity contribution < 1.29 is 14.0 Å². The molecule has 0 bridgehead atoms. The minimum absolute atomic E-state index is 0.0155. The Hall–Kier alpha value is -4.38. The number of H-pyrrole nitrogens is 1. The van der Waals surface area contributed by atoms with E-state index in [0.717, 1.165) is 35.3 Å². The first kappa shape index (κ1) is 22.8. The lowest BCUT2D eigenvalue weighted by atomic mass is 9.92. The van der Waals surface area contributed by atoms with Gasteiger partial charge in [-0.25, -0.2) is 9.37 Å². The van der Waals surface area contributed by atoms with Crippen molar-refractivity contribution in [2.24, 2.45) is 0 Å². The Morgan fingerprint density at radius 1 is 1.13 bits per heavy atom. The summed E-state index contributed by atoms with van der Waals surface area (Å²) in [6.45, 7) is 0. The van der Waals surface area contributed by atoms with Crippen LogP contribution >= 0.6 is 11.6 Å². The van der Waals surface area contributed by atoms with Crippen molar-refractivity contribution >= 4 is 34.7 Å². The van der Waals surface area contributed by atoms with E-state index in [1.807, 2.05) is 23.1 Å². The van der Waals surface area contributed by atoms with Gasteiger partial charge in [0.2, 0.25) is 11.8 Å². The molecule has 38 heavy (non-hydrogen) atoms. The zero-order valence-electron chi connectivity index (χ0n) is 19.9. The van der Waals surface area contributed by atoms with Gasteiger partial charge in [-0.05, 0) is 70.7 Å². The first-order chi connectivity index (χ1) is 18.5. The van der Waals surface area contributed by atoms with Crippen molar-refractivity contribution in [3.63, 3.8) is 0 Å². The van der Waals surface area contributed by atoms with Crippen molar-refractivity contribution in [2.75, 3.05) is 5.32 Å². The van der Waals surface area contributed by atoms with E-state index in [1.165, 1.54) is 23.2 Å². The molecule has 3 aliphatic heterocycles. The molecule has 2 atom stereocenters. The van der Waals surface area contributed by atoms with Crippen LogP contribution in [0.3, 0.4) is 0 Å². The van der Waals surface area contributed by atoms with Crippen LogP contribution in [0.1, 0.15) is 42.3 Å². The SMILES string of the molecule is O=C1Cc2cc(-c3cnc([C@@H]4CC[C@@H]5CC(c6c(-n7cnnn7)ccc(Cl)c6F)=CC(=O)N54)[nH]3)ccc2N1. The summed E-state index contributed by atoms with van der Waals surface area (Å²) in [5.41, 5.74) is 4.72. The highest BCUT2D eigenvalue weighted by atomic mass is 35.5. The number of nitrogens with one attached hydrogen (secondary N) is 2. The van der Waals surface area contributed by atoms with Gasteiger partial charge in [-0.15, -0.1) is 5.10 Å². The molecular weight excluding hydrogens is 511 g/mol. The third-order valence-corrected chi connectivity index (χ3v) is 7.74. The van der Waals surface area contributed by atoms with E-state index >= 15 is 4.39 Å². The molecule has 3 aliphatic rings. The number of imidazole rings is 1. The maximum Gasteiger partial charge on any atom is 0.247 e. The van der Waals surface area contributed by atoms with Crippen LogP contribution in [0.15, 0.2) is 48.9 Å². The molecule has 0 unspecified atom stereocenters. The highest BCUT2D eigenvalue weighted by Crippen LogP contribution is 2.44. The molecule has 190 valence electrons. The quantitative estimate of drug-likeness (QED) is 0.413. The van der Waals surface area contributed by atoms with Crippen LogP contribution in [0.25, 0.3) is 22.5 Å². The van der Waals surface area contributed by atoms with Gasteiger partial charge in [0.25, 0.3) is 0 Å². The number of benzene rings is 2. The lowest BCUT2D eigenvalue weighted by molar-refractivity contribution is -0.129. The van der Waals surface area contributed by atoms with E-state index < -0.39 is 5.82 Å². The van der Waals surface area contributed by atoms with Gasteiger partial charge in [-0.1, -0.05) is 17.7 Å². The Kier molecular flexibility index (Phi) is 5.15. The van der Waals surface area contributed by atoms with E-state index in [9.17, 15) is 9.59 Å². The number of carbonyl (C=O) groups is 2. The largest absolute Gasteiger partial charge is 0.340 e. The third kappa shape index (κ3) is 3.61. The highest BCUT2D eigenvalue weighted by molar-refractivity contribution is 6.31. The maximum absolute atomic E-state index is 15.3. The zero-order chi connectivity index (χ0) is 26.0. The number of carbonyl (C=O) groups excluding carboxylic acids is 2. The Bertz CT molecular complexity index is 1650.